The molecule has 2 unspecified atom stereocenters. The highest BCUT2D eigenvalue weighted by Crippen LogP contribution is 2.47. The molecule has 3 rings (SSSR count). The van der Waals surface area contributed by atoms with Crippen LogP contribution in [0.2, 0.25) is 5.02 Å². The Morgan fingerprint density at radius 3 is 3.00 bits per heavy atom. The molecule has 1 saturated carbocycles. The zero-order chi connectivity index (χ0) is 13.5. The van der Waals surface area contributed by atoms with Crippen LogP contribution in [0.1, 0.15) is 31.2 Å². The van der Waals surface area contributed by atoms with E-state index in [2.05, 4.69) is 25.1 Å². The maximum Gasteiger partial charge on any atom is 0.125 e. The van der Waals surface area contributed by atoms with Crippen LogP contribution in [0.15, 0.2) is 18.2 Å². The highest BCUT2D eigenvalue weighted by atomic mass is 35.5. The van der Waals surface area contributed by atoms with Gasteiger partial charge in [0.05, 0.1) is 0 Å². The van der Waals surface area contributed by atoms with Crippen molar-refractivity contribution in [1.82, 2.24) is 4.90 Å². The quantitative estimate of drug-likeness (QED) is 0.817. The zero-order valence-corrected chi connectivity index (χ0v) is 12.5. The summed E-state index contributed by atoms with van der Waals surface area (Å²) in [6, 6.07) is 6.09. The number of fused-ring (bicyclic) bond motifs is 1. The molecule has 0 N–H and O–H groups in total. The minimum absolute atomic E-state index is 0.0233. The van der Waals surface area contributed by atoms with Gasteiger partial charge in [0.25, 0.3) is 0 Å². The second-order valence-corrected chi connectivity index (χ2v) is 6.74. The van der Waals surface area contributed by atoms with E-state index in [1.165, 1.54) is 31.2 Å². The molecule has 0 aromatic heterocycles. The molecule has 1 aliphatic heterocycles. The van der Waals surface area contributed by atoms with Crippen LogP contribution < -0.4 is 4.74 Å². The van der Waals surface area contributed by atoms with Gasteiger partial charge in [-0.15, -0.1) is 0 Å². The summed E-state index contributed by atoms with van der Waals surface area (Å²) in [6.45, 7) is 1.11. The van der Waals surface area contributed by atoms with Gasteiger partial charge in [0, 0.05) is 23.9 Å². The molecule has 0 amide bonds. The van der Waals surface area contributed by atoms with Gasteiger partial charge in [-0.05, 0) is 51.1 Å². The van der Waals surface area contributed by atoms with Gasteiger partial charge in [-0.2, -0.15) is 0 Å². The normalized spacial score (nSPS) is 29.6. The summed E-state index contributed by atoms with van der Waals surface area (Å²) in [7, 11) is 4.31. The van der Waals surface area contributed by atoms with Crippen LogP contribution in [0.3, 0.4) is 0 Å². The third-order valence-corrected chi connectivity index (χ3v) is 4.80. The minimum Gasteiger partial charge on any atom is -0.486 e. The lowest BCUT2D eigenvalue weighted by atomic mass is 9.73. The number of benzene rings is 1. The summed E-state index contributed by atoms with van der Waals surface area (Å²) in [6.07, 6.45) is 6.13. The molecule has 2 aliphatic rings. The van der Waals surface area contributed by atoms with Crippen molar-refractivity contribution >= 4 is 11.6 Å². The first-order chi connectivity index (χ1) is 9.09. The maximum atomic E-state index is 6.42. The van der Waals surface area contributed by atoms with Gasteiger partial charge in [-0.3, -0.25) is 0 Å². The summed E-state index contributed by atoms with van der Waals surface area (Å²) >= 11 is 6.08. The van der Waals surface area contributed by atoms with E-state index in [0.717, 1.165) is 23.7 Å². The van der Waals surface area contributed by atoms with Crippen LogP contribution in [0.4, 0.5) is 0 Å². The molecule has 0 saturated heterocycles. The average molecular weight is 280 g/mol. The standard InChI is InChI=1S/C16H22ClNO/c1-18(2)11-13-5-3-4-8-16(13)10-12-6-7-14(17)9-15(12)19-16/h6-7,9,13H,3-5,8,10-11H2,1-2H3. The summed E-state index contributed by atoms with van der Waals surface area (Å²) in [5.74, 6) is 1.64. The Morgan fingerprint density at radius 1 is 1.37 bits per heavy atom. The van der Waals surface area contributed by atoms with E-state index in [0.29, 0.717) is 5.92 Å². The first-order valence-electron chi connectivity index (χ1n) is 7.21. The fourth-order valence-electron chi connectivity index (χ4n) is 3.69. The van der Waals surface area contributed by atoms with E-state index < -0.39 is 0 Å². The van der Waals surface area contributed by atoms with Gasteiger partial charge in [0.15, 0.2) is 0 Å². The number of hydrogen-bond acceptors (Lipinski definition) is 2. The van der Waals surface area contributed by atoms with Crippen molar-refractivity contribution in [3.63, 3.8) is 0 Å². The third kappa shape index (κ3) is 2.48. The SMILES string of the molecule is CN(C)CC1CCCCC12Cc1ccc(Cl)cc1O2. The summed E-state index contributed by atoms with van der Waals surface area (Å²) in [5, 5.41) is 0.774. The first-order valence-corrected chi connectivity index (χ1v) is 7.59. The van der Waals surface area contributed by atoms with Crippen LogP contribution in [-0.4, -0.2) is 31.1 Å². The highest BCUT2D eigenvalue weighted by molar-refractivity contribution is 6.30. The number of hydrogen-bond donors (Lipinski definition) is 0. The smallest absolute Gasteiger partial charge is 0.125 e. The summed E-state index contributed by atoms with van der Waals surface area (Å²) < 4.78 is 6.42. The van der Waals surface area contributed by atoms with E-state index in [9.17, 15) is 0 Å². The Kier molecular flexibility index (Phi) is 3.48. The number of nitrogens with zero attached hydrogens (tertiary/aromatic N) is 1. The second kappa shape index (κ2) is 4.99. The Hall–Kier alpha value is -0.730. The zero-order valence-electron chi connectivity index (χ0n) is 11.8. The van der Waals surface area contributed by atoms with E-state index in [-0.39, 0.29) is 5.60 Å². The van der Waals surface area contributed by atoms with Gasteiger partial charge in [-0.1, -0.05) is 24.1 Å². The van der Waals surface area contributed by atoms with Crippen molar-refractivity contribution in [2.75, 3.05) is 20.6 Å². The summed E-state index contributed by atoms with van der Waals surface area (Å²) in [4.78, 5) is 2.29. The molecule has 1 spiro atoms. The third-order valence-electron chi connectivity index (χ3n) is 4.56. The molecule has 1 heterocycles. The lowest BCUT2D eigenvalue weighted by molar-refractivity contribution is -0.0149. The Labute approximate surface area is 120 Å². The van der Waals surface area contributed by atoms with E-state index >= 15 is 0 Å². The number of rotatable bonds is 2. The van der Waals surface area contributed by atoms with E-state index in [1.807, 2.05) is 12.1 Å². The van der Waals surface area contributed by atoms with Crippen molar-refractivity contribution in [3.8, 4) is 5.75 Å². The van der Waals surface area contributed by atoms with Crippen LogP contribution in [0.5, 0.6) is 5.75 Å². The van der Waals surface area contributed by atoms with Gasteiger partial charge >= 0.3 is 0 Å². The lowest BCUT2D eigenvalue weighted by Crippen LogP contribution is -2.48. The number of ether oxygens (including phenoxy) is 1. The fraction of sp³-hybridized carbons (Fsp3) is 0.625. The molecule has 1 aliphatic carbocycles. The van der Waals surface area contributed by atoms with Crippen molar-refractivity contribution in [2.24, 2.45) is 5.92 Å². The molecule has 1 fully saturated rings. The van der Waals surface area contributed by atoms with Crippen molar-refractivity contribution in [2.45, 2.75) is 37.7 Å². The van der Waals surface area contributed by atoms with Crippen molar-refractivity contribution in [3.05, 3.63) is 28.8 Å². The van der Waals surface area contributed by atoms with Crippen LogP contribution in [0, 0.1) is 5.92 Å². The van der Waals surface area contributed by atoms with Crippen molar-refractivity contribution < 1.29 is 4.74 Å². The number of halogens is 1. The molecule has 1 aromatic rings. The first kappa shape index (κ1) is 13.3. The van der Waals surface area contributed by atoms with Crippen LogP contribution in [0.25, 0.3) is 0 Å². The molecule has 2 atom stereocenters. The van der Waals surface area contributed by atoms with E-state index in [4.69, 9.17) is 16.3 Å². The molecule has 2 nitrogen and oxygen atoms in total. The van der Waals surface area contributed by atoms with Crippen LogP contribution >= 0.6 is 11.6 Å². The van der Waals surface area contributed by atoms with Crippen molar-refractivity contribution in [1.29, 1.82) is 0 Å². The van der Waals surface area contributed by atoms with Crippen LogP contribution in [-0.2, 0) is 6.42 Å². The molecule has 1 aromatic carbocycles. The molecular weight excluding hydrogens is 258 g/mol. The van der Waals surface area contributed by atoms with Gasteiger partial charge in [-0.25, -0.2) is 0 Å². The minimum atomic E-state index is 0.0233. The summed E-state index contributed by atoms with van der Waals surface area (Å²) in [5.41, 5.74) is 1.35. The average Bonchev–Trinajstić information content (AvgIpc) is 2.70. The predicted molar refractivity (Wildman–Crippen MR) is 79.0 cm³/mol. The molecule has 3 heteroatoms. The predicted octanol–water partition coefficient (Wildman–Crippen LogP) is 3.77. The Morgan fingerprint density at radius 2 is 2.21 bits per heavy atom. The van der Waals surface area contributed by atoms with E-state index in [1.54, 1.807) is 0 Å². The van der Waals surface area contributed by atoms with Gasteiger partial charge in [0.1, 0.15) is 11.4 Å². The Bertz CT molecular complexity index is 474. The lowest BCUT2D eigenvalue weighted by Gasteiger charge is -2.41. The van der Waals surface area contributed by atoms with Gasteiger partial charge < -0.3 is 9.64 Å². The largest absolute Gasteiger partial charge is 0.486 e. The molecular formula is C16H22ClNO. The molecule has 104 valence electrons. The maximum absolute atomic E-state index is 6.42. The second-order valence-electron chi connectivity index (χ2n) is 6.30. The molecule has 0 radical (unpaired) electrons. The topological polar surface area (TPSA) is 12.5 Å². The fourth-order valence-corrected chi connectivity index (χ4v) is 3.86. The monoisotopic (exact) mass is 279 g/mol. The molecule has 19 heavy (non-hydrogen) atoms. The highest BCUT2D eigenvalue weighted by Gasteiger charge is 2.47. The Balaban J connectivity index is 1.87. The molecule has 0 bridgehead atoms. The van der Waals surface area contributed by atoms with Gasteiger partial charge in [0.2, 0.25) is 0 Å².